The number of rotatable bonds is 9. The molecule has 1 heterocycles. The van der Waals surface area contributed by atoms with Crippen LogP contribution in [0.25, 0.3) is 0 Å². The predicted molar refractivity (Wildman–Crippen MR) is 122 cm³/mol. The van der Waals surface area contributed by atoms with Gasteiger partial charge in [0.05, 0.1) is 17.7 Å². The second kappa shape index (κ2) is 9.25. The lowest BCUT2D eigenvalue weighted by molar-refractivity contribution is -0.286. The molecule has 2 N–H and O–H groups in total. The number of halogens is 3. The van der Waals surface area contributed by atoms with Crippen LogP contribution >= 0.6 is 11.6 Å². The van der Waals surface area contributed by atoms with Gasteiger partial charge in [0.25, 0.3) is 11.8 Å². The molecule has 10 nitrogen and oxygen atoms in total. The Hall–Kier alpha value is -3.80. The molecule has 13 heteroatoms. The van der Waals surface area contributed by atoms with Crippen molar-refractivity contribution in [3.8, 4) is 23.0 Å². The molecule has 5 rings (SSSR count). The highest BCUT2D eigenvalue weighted by atomic mass is 35.5. The Labute approximate surface area is 214 Å². The van der Waals surface area contributed by atoms with E-state index in [1.54, 1.807) is 0 Å². The highest BCUT2D eigenvalue weighted by molar-refractivity contribution is 6.33. The van der Waals surface area contributed by atoms with Crippen molar-refractivity contribution in [2.24, 2.45) is 5.92 Å². The number of alkyl halides is 2. The van der Waals surface area contributed by atoms with Gasteiger partial charge in [-0.25, -0.2) is 4.79 Å². The molecular weight excluding hydrogens is 518 g/mol. The van der Waals surface area contributed by atoms with E-state index in [9.17, 15) is 23.2 Å². The first-order valence-electron chi connectivity index (χ1n) is 11.2. The molecule has 0 spiro atoms. The number of carbonyl (C=O) groups excluding carboxylic acids is 3. The average molecular weight is 539 g/mol. The van der Waals surface area contributed by atoms with Gasteiger partial charge < -0.3 is 34.3 Å². The third-order valence-corrected chi connectivity index (χ3v) is 6.72. The molecule has 3 atom stereocenters. The summed E-state index contributed by atoms with van der Waals surface area (Å²) in [4.78, 5) is 36.4. The smallest absolute Gasteiger partial charge is 0.484 e. The maximum absolute atomic E-state index is 13.1. The minimum Gasteiger partial charge on any atom is -0.484 e. The van der Waals surface area contributed by atoms with Crippen molar-refractivity contribution in [2.75, 3.05) is 20.3 Å². The fourth-order valence-electron chi connectivity index (χ4n) is 4.56. The lowest BCUT2D eigenvalue weighted by Gasteiger charge is -2.35. The van der Waals surface area contributed by atoms with E-state index in [0.29, 0.717) is 12.8 Å². The van der Waals surface area contributed by atoms with Gasteiger partial charge in [0.2, 0.25) is 0 Å². The first kappa shape index (κ1) is 24.9. The minimum absolute atomic E-state index is 0.0923. The van der Waals surface area contributed by atoms with Gasteiger partial charge in [-0.3, -0.25) is 9.59 Å². The van der Waals surface area contributed by atoms with Crippen LogP contribution in [0.15, 0.2) is 36.4 Å². The van der Waals surface area contributed by atoms with Crippen molar-refractivity contribution in [1.29, 1.82) is 0 Å². The summed E-state index contributed by atoms with van der Waals surface area (Å²) < 4.78 is 50.4. The van der Waals surface area contributed by atoms with Gasteiger partial charge >= 0.3 is 12.3 Å². The van der Waals surface area contributed by atoms with Crippen molar-refractivity contribution in [2.45, 2.75) is 30.7 Å². The molecule has 2 aliphatic carbocycles. The molecule has 0 aromatic heterocycles. The Kier molecular flexibility index (Phi) is 6.22. The Morgan fingerprint density at radius 1 is 1.00 bits per heavy atom. The van der Waals surface area contributed by atoms with Gasteiger partial charge in [-0.05, 0) is 43.2 Å². The second-order valence-corrected chi connectivity index (χ2v) is 9.29. The van der Waals surface area contributed by atoms with Crippen LogP contribution in [0.3, 0.4) is 0 Å². The summed E-state index contributed by atoms with van der Waals surface area (Å²) >= 11 is 5.97. The van der Waals surface area contributed by atoms with Crippen molar-refractivity contribution < 1.29 is 46.8 Å². The van der Waals surface area contributed by atoms with Gasteiger partial charge in [0, 0.05) is 23.6 Å². The zero-order chi connectivity index (χ0) is 26.4. The van der Waals surface area contributed by atoms with Crippen LogP contribution in [-0.2, 0) is 14.3 Å². The van der Waals surface area contributed by atoms with Crippen LogP contribution in [-0.4, -0.2) is 56.0 Å². The highest BCUT2D eigenvalue weighted by Gasteiger charge is 2.68. The molecule has 37 heavy (non-hydrogen) atoms. The number of methoxy groups -OCH3 is 1. The Bertz CT molecular complexity index is 1280. The number of hydrogen-bond donors (Lipinski definition) is 2. The molecule has 2 saturated carbocycles. The van der Waals surface area contributed by atoms with E-state index in [1.165, 1.54) is 43.5 Å². The Balaban J connectivity index is 1.03. The van der Waals surface area contributed by atoms with Crippen LogP contribution in [0.5, 0.6) is 23.0 Å². The average Bonchev–Trinajstić information content (AvgIpc) is 3.29. The van der Waals surface area contributed by atoms with Crippen molar-refractivity contribution in [3.63, 3.8) is 0 Å². The first-order valence-corrected chi connectivity index (χ1v) is 11.6. The summed E-state index contributed by atoms with van der Waals surface area (Å²) in [5.74, 6) is -1.07. The molecule has 2 aromatic carbocycles. The SMILES string of the molecule is COC(=O)c1cc(OCC(=O)NC2CC3(NC(=O)COc4ccc5c(c4)OC(F)(F)O5)CC23)ccc1Cl. The standard InChI is InChI=1S/C24H21ClF2N2O8/c1-33-22(32)14-6-12(2-4-16(14)25)34-10-20(30)28-17-9-23(8-15(17)23)29-21(31)11-35-13-3-5-18-19(7-13)37-24(26,27)36-18/h2-7,15,17H,8-11H2,1H3,(H,28,30)(H,29,31). The normalized spacial score (nSPS) is 23.7. The van der Waals surface area contributed by atoms with Crippen LogP contribution in [0.2, 0.25) is 5.02 Å². The van der Waals surface area contributed by atoms with E-state index in [2.05, 4.69) is 24.8 Å². The van der Waals surface area contributed by atoms with E-state index in [0.717, 1.165) is 0 Å². The maximum atomic E-state index is 13.1. The van der Waals surface area contributed by atoms with Crippen LogP contribution in [0, 0.1) is 5.92 Å². The van der Waals surface area contributed by atoms with E-state index >= 15 is 0 Å². The molecular formula is C24H21ClF2N2O8. The van der Waals surface area contributed by atoms with Crippen LogP contribution in [0.4, 0.5) is 8.78 Å². The zero-order valence-electron chi connectivity index (χ0n) is 19.3. The van der Waals surface area contributed by atoms with E-state index < -0.39 is 12.3 Å². The lowest BCUT2D eigenvalue weighted by atomic mass is 9.86. The summed E-state index contributed by atoms with van der Waals surface area (Å²) in [6, 6.07) is 8.19. The molecule has 0 radical (unpaired) electrons. The first-order chi connectivity index (χ1) is 17.6. The monoisotopic (exact) mass is 538 g/mol. The third-order valence-electron chi connectivity index (χ3n) is 6.39. The largest absolute Gasteiger partial charge is 0.586 e. The van der Waals surface area contributed by atoms with Gasteiger partial charge in [-0.1, -0.05) is 11.6 Å². The van der Waals surface area contributed by atoms with E-state index in [1.807, 2.05) is 0 Å². The molecule has 0 saturated heterocycles. The van der Waals surface area contributed by atoms with Gasteiger partial charge in [0.1, 0.15) is 11.5 Å². The quantitative estimate of drug-likeness (QED) is 0.467. The molecule has 196 valence electrons. The molecule has 0 bridgehead atoms. The molecule has 3 aliphatic rings. The predicted octanol–water partition coefficient (Wildman–Crippen LogP) is 2.67. The summed E-state index contributed by atoms with van der Waals surface area (Å²) in [7, 11) is 1.23. The summed E-state index contributed by atoms with van der Waals surface area (Å²) in [5.41, 5.74) is -0.259. The third kappa shape index (κ3) is 5.19. The van der Waals surface area contributed by atoms with Gasteiger partial charge in [-0.2, -0.15) is 0 Å². The molecule has 3 unspecified atom stereocenters. The van der Waals surface area contributed by atoms with Crippen molar-refractivity contribution in [1.82, 2.24) is 10.6 Å². The number of ether oxygens (including phenoxy) is 5. The van der Waals surface area contributed by atoms with E-state index in [4.69, 9.17) is 21.1 Å². The van der Waals surface area contributed by atoms with E-state index in [-0.39, 0.29) is 76.1 Å². The summed E-state index contributed by atoms with van der Waals surface area (Å²) in [6.07, 6.45) is -2.46. The second-order valence-electron chi connectivity index (χ2n) is 8.88. The van der Waals surface area contributed by atoms with Gasteiger partial charge in [-0.15, -0.1) is 8.78 Å². The molecule has 1 aliphatic heterocycles. The molecule has 2 aromatic rings. The van der Waals surface area contributed by atoms with Crippen molar-refractivity contribution >= 4 is 29.4 Å². The summed E-state index contributed by atoms with van der Waals surface area (Å²) in [6.45, 7) is -0.579. The molecule has 2 fully saturated rings. The van der Waals surface area contributed by atoms with Crippen LogP contribution in [0.1, 0.15) is 23.2 Å². The lowest BCUT2D eigenvalue weighted by Crippen LogP contribution is -2.57. The zero-order valence-corrected chi connectivity index (χ0v) is 20.1. The van der Waals surface area contributed by atoms with Gasteiger partial charge in [0.15, 0.2) is 24.7 Å². The van der Waals surface area contributed by atoms with Crippen molar-refractivity contribution in [3.05, 3.63) is 47.0 Å². The number of fused-ring (bicyclic) bond motifs is 2. The molecule has 2 amide bonds. The Morgan fingerprint density at radius 3 is 2.41 bits per heavy atom. The number of benzene rings is 2. The topological polar surface area (TPSA) is 121 Å². The summed E-state index contributed by atoms with van der Waals surface area (Å²) in [5, 5.41) is 5.99. The number of nitrogens with one attached hydrogen (secondary N) is 2. The maximum Gasteiger partial charge on any atom is 0.586 e. The fourth-order valence-corrected chi connectivity index (χ4v) is 4.75. The number of amides is 2. The Morgan fingerprint density at radius 2 is 1.68 bits per heavy atom. The minimum atomic E-state index is -3.73. The van der Waals surface area contributed by atoms with Crippen LogP contribution < -0.4 is 29.6 Å². The number of hydrogen-bond acceptors (Lipinski definition) is 8. The fraction of sp³-hybridized carbons (Fsp3) is 0.375. The highest BCUT2D eigenvalue weighted by Crippen LogP contribution is 2.59. The number of esters is 1. The number of carbonyl (C=O) groups is 3.